The molecule has 0 radical (unpaired) electrons. The Morgan fingerprint density at radius 1 is 1.38 bits per heavy atom. The Kier molecular flexibility index (Phi) is 2.61. The first-order chi connectivity index (χ1) is 7.58. The zero-order chi connectivity index (χ0) is 11.7. The van der Waals surface area contributed by atoms with Crippen molar-refractivity contribution in [2.45, 2.75) is 13.8 Å². The molecular formula is C9H10N6S. The molecule has 2 aromatic rings. The van der Waals surface area contributed by atoms with Crippen LogP contribution in [0.3, 0.4) is 0 Å². The molecule has 82 valence electrons. The Morgan fingerprint density at radius 2 is 2.12 bits per heavy atom. The van der Waals surface area contributed by atoms with E-state index in [2.05, 4.69) is 20.1 Å². The predicted octanol–water partition coefficient (Wildman–Crippen LogP) is 0.308. The second kappa shape index (κ2) is 3.93. The zero-order valence-electron chi connectivity index (χ0n) is 8.88. The van der Waals surface area contributed by atoms with Crippen molar-refractivity contribution in [3.8, 4) is 5.95 Å². The molecule has 0 saturated carbocycles. The summed E-state index contributed by atoms with van der Waals surface area (Å²) in [5.41, 5.74) is 6.02. The SMILES string of the molecule is Cc1nc(C)n(-c2nccc(C(N)=S)n2)n1. The Bertz CT molecular complexity index is 547. The minimum atomic E-state index is 0.234. The quantitative estimate of drug-likeness (QED) is 0.753. The lowest BCUT2D eigenvalue weighted by Crippen LogP contribution is -2.14. The van der Waals surface area contributed by atoms with Gasteiger partial charge >= 0.3 is 0 Å². The first-order valence-electron chi connectivity index (χ1n) is 4.61. The fourth-order valence-electron chi connectivity index (χ4n) is 1.30. The maximum absolute atomic E-state index is 5.50. The van der Waals surface area contributed by atoms with E-state index in [4.69, 9.17) is 18.0 Å². The fourth-order valence-corrected chi connectivity index (χ4v) is 1.41. The minimum Gasteiger partial charge on any atom is -0.388 e. The molecule has 7 heteroatoms. The summed E-state index contributed by atoms with van der Waals surface area (Å²) in [5.74, 6) is 1.81. The first kappa shape index (κ1) is 10.6. The standard InChI is InChI=1S/C9H10N6S/c1-5-12-6(2)15(14-5)9-11-4-3-7(13-9)8(10)16/h3-4H,1-2H3,(H2,10,16). The van der Waals surface area contributed by atoms with E-state index in [-0.39, 0.29) is 4.99 Å². The first-order valence-corrected chi connectivity index (χ1v) is 5.02. The summed E-state index contributed by atoms with van der Waals surface area (Å²) in [4.78, 5) is 12.7. The number of hydrogen-bond donors (Lipinski definition) is 1. The molecule has 6 nitrogen and oxygen atoms in total. The van der Waals surface area contributed by atoms with Crippen LogP contribution in [-0.2, 0) is 0 Å². The number of nitrogens with two attached hydrogens (primary N) is 1. The molecule has 0 unspecified atom stereocenters. The Morgan fingerprint density at radius 3 is 2.69 bits per heavy atom. The van der Waals surface area contributed by atoms with E-state index >= 15 is 0 Å². The van der Waals surface area contributed by atoms with Crippen molar-refractivity contribution in [2.75, 3.05) is 0 Å². The summed E-state index contributed by atoms with van der Waals surface area (Å²) >= 11 is 4.85. The number of aryl methyl sites for hydroxylation is 2. The molecule has 2 heterocycles. The highest BCUT2D eigenvalue weighted by molar-refractivity contribution is 7.80. The van der Waals surface area contributed by atoms with Crippen LogP contribution in [0, 0.1) is 13.8 Å². The van der Waals surface area contributed by atoms with Crippen LogP contribution in [0.5, 0.6) is 0 Å². The van der Waals surface area contributed by atoms with E-state index in [1.165, 1.54) is 0 Å². The molecule has 0 amide bonds. The Hall–Kier alpha value is -1.89. The average Bonchev–Trinajstić information content (AvgIpc) is 2.58. The molecule has 0 spiro atoms. The van der Waals surface area contributed by atoms with E-state index in [1.54, 1.807) is 23.9 Å². The summed E-state index contributed by atoms with van der Waals surface area (Å²) in [6, 6.07) is 1.66. The normalized spacial score (nSPS) is 10.4. The van der Waals surface area contributed by atoms with Gasteiger partial charge in [0.15, 0.2) is 0 Å². The van der Waals surface area contributed by atoms with Gasteiger partial charge < -0.3 is 5.73 Å². The fraction of sp³-hybridized carbons (Fsp3) is 0.222. The largest absolute Gasteiger partial charge is 0.388 e. The molecule has 0 aliphatic rings. The summed E-state index contributed by atoms with van der Waals surface area (Å²) in [6.45, 7) is 3.64. The summed E-state index contributed by atoms with van der Waals surface area (Å²) in [7, 11) is 0. The van der Waals surface area contributed by atoms with Gasteiger partial charge in [0, 0.05) is 6.20 Å². The van der Waals surface area contributed by atoms with Gasteiger partial charge in [-0.05, 0) is 19.9 Å². The molecule has 16 heavy (non-hydrogen) atoms. The third kappa shape index (κ3) is 1.89. The number of aromatic nitrogens is 5. The van der Waals surface area contributed by atoms with Gasteiger partial charge in [0.1, 0.15) is 22.3 Å². The van der Waals surface area contributed by atoms with Gasteiger partial charge in [-0.3, -0.25) is 0 Å². The zero-order valence-corrected chi connectivity index (χ0v) is 9.69. The smallest absolute Gasteiger partial charge is 0.252 e. The molecule has 0 atom stereocenters. The van der Waals surface area contributed by atoms with Crippen molar-refractivity contribution in [3.63, 3.8) is 0 Å². The second-order valence-electron chi connectivity index (χ2n) is 3.22. The molecule has 0 aliphatic heterocycles. The molecule has 0 bridgehead atoms. The summed E-state index contributed by atoms with van der Waals surface area (Å²) < 4.78 is 1.55. The van der Waals surface area contributed by atoms with Gasteiger partial charge in [-0.25, -0.2) is 15.0 Å². The molecule has 2 aromatic heterocycles. The van der Waals surface area contributed by atoms with Gasteiger partial charge in [0.25, 0.3) is 5.95 Å². The van der Waals surface area contributed by atoms with E-state index in [9.17, 15) is 0 Å². The van der Waals surface area contributed by atoms with E-state index in [0.29, 0.717) is 17.5 Å². The lowest BCUT2D eigenvalue weighted by atomic mass is 10.4. The van der Waals surface area contributed by atoms with Gasteiger partial charge in [-0.15, -0.1) is 5.10 Å². The lowest BCUT2D eigenvalue weighted by molar-refractivity contribution is 0.770. The monoisotopic (exact) mass is 234 g/mol. The average molecular weight is 234 g/mol. The highest BCUT2D eigenvalue weighted by Crippen LogP contribution is 2.04. The highest BCUT2D eigenvalue weighted by atomic mass is 32.1. The maximum Gasteiger partial charge on any atom is 0.252 e. The molecule has 2 rings (SSSR count). The second-order valence-corrected chi connectivity index (χ2v) is 3.66. The lowest BCUT2D eigenvalue weighted by Gasteiger charge is -2.02. The van der Waals surface area contributed by atoms with Crippen LogP contribution in [-0.4, -0.2) is 29.7 Å². The molecule has 2 N–H and O–H groups in total. The van der Waals surface area contributed by atoms with Crippen molar-refractivity contribution in [2.24, 2.45) is 5.73 Å². The van der Waals surface area contributed by atoms with Crippen LogP contribution in [0.4, 0.5) is 0 Å². The van der Waals surface area contributed by atoms with E-state index < -0.39 is 0 Å². The van der Waals surface area contributed by atoms with Crippen LogP contribution in [0.25, 0.3) is 5.95 Å². The van der Waals surface area contributed by atoms with Gasteiger partial charge in [-0.1, -0.05) is 12.2 Å². The van der Waals surface area contributed by atoms with Gasteiger partial charge in [-0.2, -0.15) is 4.68 Å². The maximum atomic E-state index is 5.50. The van der Waals surface area contributed by atoms with E-state index in [0.717, 1.165) is 5.82 Å². The number of rotatable bonds is 2. The number of hydrogen-bond acceptors (Lipinski definition) is 5. The van der Waals surface area contributed by atoms with Crippen molar-refractivity contribution in [3.05, 3.63) is 29.6 Å². The highest BCUT2D eigenvalue weighted by Gasteiger charge is 2.08. The van der Waals surface area contributed by atoms with Gasteiger partial charge in [0.2, 0.25) is 0 Å². The van der Waals surface area contributed by atoms with Crippen LogP contribution in [0.15, 0.2) is 12.3 Å². The van der Waals surface area contributed by atoms with Gasteiger partial charge in [0.05, 0.1) is 0 Å². The molecule has 0 aromatic carbocycles. The van der Waals surface area contributed by atoms with Crippen LogP contribution in [0.1, 0.15) is 17.3 Å². The van der Waals surface area contributed by atoms with Crippen LogP contribution in [0.2, 0.25) is 0 Å². The molecule has 0 aliphatic carbocycles. The predicted molar refractivity (Wildman–Crippen MR) is 62.3 cm³/mol. The Labute approximate surface area is 97.5 Å². The molecule has 0 saturated heterocycles. The van der Waals surface area contributed by atoms with Crippen molar-refractivity contribution >= 4 is 17.2 Å². The minimum absolute atomic E-state index is 0.234. The number of nitrogens with zero attached hydrogens (tertiary/aromatic N) is 5. The van der Waals surface area contributed by atoms with E-state index in [1.807, 2.05) is 6.92 Å². The molecule has 0 fully saturated rings. The number of thiocarbonyl (C=S) groups is 1. The summed E-state index contributed by atoms with van der Waals surface area (Å²) in [6.07, 6.45) is 1.59. The summed E-state index contributed by atoms with van der Waals surface area (Å²) in [5, 5.41) is 4.18. The third-order valence-corrected chi connectivity index (χ3v) is 2.17. The topological polar surface area (TPSA) is 82.5 Å². The van der Waals surface area contributed by atoms with Crippen molar-refractivity contribution in [1.82, 2.24) is 24.7 Å². The van der Waals surface area contributed by atoms with Crippen LogP contribution < -0.4 is 5.73 Å². The van der Waals surface area contributed by atoms with Crippen LogP contribution >= 0.6 is 12.2 Å². The van der Waals surface area contributed by atoms with Crippen molar-refractivity contribution in [1.29, 1.82) is 0 Å². The Balaban J connectivity index is 2.52. The molecular weight excluding hydrogens is 224 g/mol. The van der Waals surface area contributed by atoms with Crippen molar-refractivity contribution < 1.29 is 0 Å². The third-order valence-electron chi connectivity index (χ3n) is 1.96.